The third kappa shape index (κ3) is 4.72. The van der Waals surface area contributed by atoms with Crippen LogP contribution in [0, 0.1) is 12.8 Å². The number of hydrogen-bond acceptors (Lipinski definition) is 5. The van der Waals surface area contributed by atoms with E-state index in [1.54, 1.807) is 0 Å². The molecule has 0 aromatic heterocycles. The fraction of sp³-hybridized carbons (Fsp3) is 0.364. The molecule has 4 nitrogen and oxygen atoms in total. The molecule has 100 valence electrons. The van der Waals surface area contributed by atoms with Crippen LogP contribution >= 0.6 is 35.9 Å². The van der Waals surface area contributed by atoms with Crippen molar-refractivity contribution in [3.8, 4) is 0 Å². The summed E-state index contributed by atoms with van der Waals surface area (Å²) in [6, 6.07) is 5.63. The molecule has 1 aromatic carbocycles. The first kappa shape index (κ1) is 15.7. The van der Waals surface area contributed by atoms with E-state index in [4.69, 9.17) is 29.1 Å². The van der Waals surface area contributed by atoms with Crippen molar-refractivity contribution < 1.29 is 14.6 Å². The van der Waals surface area contributed by atoms with E-state index in [9.17, 15) is 0 Å². The van der Waals surface area contributed by atoms with Crippen LogP contribution in [0.25, 0.3) is 0 Å². The van der Waals surface area contributed by atoms with Gasteiger partial charge in [0.15, 0.2) is 0 Å². The van der Waals surface area contributed by atoms with Crippen molar-refractivity contribution in [1.29, 1.82) is 0 Å². The van der Waals surface area contributed by atoms with Gasteiger partial charge in [0.1, 0.15) is 0 Å². The van der Waals surface area contributed by atoms with Gasteiger partial charge in [0, 0.05) is 22.4 Å². The standard InChI is InChI=1S/C11H14ClNO3S2/c1-7-5-9(13-11(17)8(2)6-12)3-4-10(7)18-16-15-14/h3-5,8,14H,6H2,1-2H3,(H,13,17). The molecular weight excluding hydrogens is 294 g/mol. The maximum atomic E-state index is 8.10. The van der Waals surface area contributed by atoms with Crippen molar-refractivity contribution in [2.45, 2.75) is 18.7 Å². The smallest absolute Gasteiger partial charge is 0.0837 e. The molecule has 0 saturated heterocycles. The maximum absolute atomic E-state index is 8.10. The van der Waals surface area contributed by atoms with Crippen LogP contribution in [-0.2, 0) is 9.37 Å². The molecular formula is C11H14ClNO3S2. The van der Waals surface area contributed by atoms with Crippen molar-refractivity contribution in [2.24, 2.45) is 5.92 Å². The van der Waals surface area contributed by atoms with Crippen LogP contribution in [0.1, 0.15) is 12.5 Å². The summed E-state index contributed by atoms with van der Waals surface area (Å²) in [7, 11) is 0. The summed E-state index contributed by atoms with van der Waals surface area (Å²) >= 11 is 11.9. The molecule has 0 spiro atoms. The van der Waals surface area contributed by atoms with Crippen LogP contribution in [0.2, 0.25) is 0 Å². The molecule has 1 atom stereocenters. The Morgan fingerprint density at radius 3 is 2.89 bits per heavy atom. The molecule has 7 heteroatoms. The van der Waals surface area contributed by atoms with E-state index in [1.165, 1.54) is 0 Å². The third-order valence-corrected chi connectivity index (χ3v) is 4.01. The van der Waals surface area contributed by atoms with E-state index in [1.807, 2.05) is 32.0 Å². The first-order chi connectivity index (χ1) is 8.58. The van der Waals surface area contributed by atoms with E-state index in [0.29, 0.717) is 10.9 Å². The predicted molar refractivity (Wildman–Crippen MR) is 77.9 cm³/mol. The Morgan fingerprint density at radius 1 is 1.61 bits per heavy atom. The largest absolute Gasteiger partial charge is 0.350 e. The van der Waals surface area contributed by atoms with Gasteiger partial charge in [-0.1, -0.05) is 24.2 Å². The minimum Gasteiger partial charge on any atom is -0.350 e. The van der Waals surface area contributed by atoms with Crippen LogP contribution in [-0.4, -0.2) is 16.1 Å². The van der Waals surface area contributed by atoms with Crippen LogP contribution in [0.4, 0.5) is 5.69 Å². The Bertz CT molecular complexity index is 417. The predicted octanol–water partition coefficient (Wildman–Crippen LogP) is 4.04. The second-order valence-electron chi connectivity index (χ2n) is 3.75. The summed E-state index contributed by atoms with van der Waals surface area (Å²) in [5, 5.41) is 14.8. The lowest BCUT2D eigenvalue weighted by molar-refractivity contribution is -0.432. The van der Waals surface area contributed by atoms with E-state index in [2.05, 4.69) is 14.7 Å². The highest BCUT2D eigenvalue weighted by Crippen LogP contribution is 2.26. The van der Waals surface area contributed by atoms with Gasteiger partial charge in [-0.3, -0.25) is 0 Å². The number of alkyl halides is 1. The minimum absolute atomic E-state index is 0.127. The zero-order valence-electron chi connectivity index (χ0n) is 9.97. The first-order valence-electron chi connectivity index (χ1n) is 5.20. The number of halogens is 1. The van der Waals surface area contributed by atoms with Gasteiger partial charge in [-0.15, -0.1) is 15.9 Å². The quantitative estimate of drug-likeness (QED) is 0.272. The van der Waals surface area contributed by atoms with Crippen molar-refractivity contribution in [3.05, 3.63) is 23.8 Å². The molecule has 1 rings (SSSR count). The number of anilines is 1. The van der Waals surface area contributed by atoms with Gasteiger partial charge in [-0.2, -0.15) is 0 Å². The van der Waals surface area contributed by atoms with Crippen LogP contribution < -0.4 is 5.32 Å². The molecule has 0 bridgehead atoms. The second kappa shape index (κ2) is 7.93. The molecule has 0 radical (unpaired) electrons. The number of nitrogens with one attached hydrogen (secondary N) is 1. The van der Waals surface area contributed by atoms with E-state index >= 15 is 0 Å². The van der Waals surface area contributed by atoms with E-state index < -0.39 is 0 Å². The van der Waals surface area contributed by atoms with Gasteiger partial charge < -0.3 is 5.32 Å². The highest BCUT2D eigenvalue weighted by molar-refractivity contribution is 7.94. The second-order valence-corrected chi connectivity index (χ2v) is 5.24. The Hall–Kier alpha value is -0.370. The Labute approximate surface area is 121 Å². The number of aryl methyl sites for hydroxylation is 1. The van der Waals surface area contributed by atoms with Crippen molar-refractivity contribution in [1.82, 2.24) is 0 Å². The molecule has 0 amide bonds. The fourth-order valence-electron chi connectivity index (χ4n) is 1.21. The molecule has 0 aliphatic heterocycles. The highest BCUT2D eigenvalue weighted by atomic mass is 35.5. The first-order valence-corrected chi connectivity index (χ1v) is 6.89. The number of rotatable bonds is 6. The topological polar surface area (TPSA) is 50.7 Å². The molecule has 0 heterocycles. The summed E-state index contributed by atoms with van der Waals surface area (Å²) in [6.07, 6.45) is 0. The Morgan fingerprint density at radius 2 is 2.33 bits per heavy atom. The van der Waals surface area contributed by atoms with Gasteiger partial charge in [0.2, 0.25) is 0 Å². The fourth-order valence-corrected chi connectivity index (χ4v) is 2.07. The average molecular weight is 308 g/mol. The average Bonchev–Trinajstić information content (AvgIpc) is 2.36. The lowest BCUT2D eigenvalue weighted by atomic mass is 10.2. The normalized spacial score (nSPS) is 12.2. The zero-order chi connectivity index (χ0) is 13.5. The third-order valence-electron chi connectivity index (χ3n) is 2.28. The minimum atomic E-state index is 0.127. The maximum Gasteiger partial charge on any atom is 0.0837 e. The molecule has 1 unspecified atom stereocenters. The SMILES string of the molecule is Cc1cc(NC(=S)C(C)CCl)ccc1SOOO. The summed E-state index contributed by atoms with van der Waals surface area (Å²) in [5.41, 5.74) is 1.87. The molecule has 2 N–H and O–H groups in total. The van der Waals surface area contributed by atoms with Crippen LogP contribution in [0.15, 0.2) is 23.1 Å². The van der Waals surface area contributed by atoms with Crippen molar-refractivity contribution in [2.75, 3.05) is 11.2 Å². The van der Waals surface area contributed by atoms with Gasteiger partial charge in [0.25, 0.3) is 0 Å². The number of benzene rings is 1. The van der Waals surface area contributed by atoms with E-state index in [0.717, 1.165) is 28.2 Å². The summed E-state index contributed by atoms with van der Waals surface area (Å²) in [5.74, 6) is 0.614. The molecule has 0 fully saturated rings. The highest BCUT2D eigenvalue weighted by Gasteiger charge is 2.08. The van der Waals surface area contributed by atoms with Crippen molar-refractivity contribution >= 4 is 46.5 Å². The number of thiocarbonyl (C=S) groups is 1. The Balaban J connectivity index is 2.69. The summed E-state index contributed by atoms with van der Waals surface area (Å²) in [4.78, 5) is 1.55. The molecule has 18 heavy (non-hydrogen) atoms. The monoisotopic (exact) mass is 307 g/mol. The lowest BCUT2D eigenvalue weighted by Crippen LogP contribution is -2.19. The van der Waals surface area contributed by atoms with Gasteiger partial charge in [0.05, 0.1) is 17.0 Å². The zero-order valence-corrected chi connectivity index (χ0v) is 12.4. The molecule has 0 aliphatic rings. The lowest BCUT2D eigenvalue weighted by Gasteiger charge is -2.13. The van der Waals surface area contributed by atoms with Gasteiger partial charge >= 0.3 is 0 Å². The molecule has 1 aromatic rings. The van der Waals surface area contributed by atoms with Crippen LogP contribution in [0.3, 0.4) is 0 Å². The van der Waals surface area contributed by atoms with Gasteiger partial charge in [-0.25, -0.2) is 5.26 Å². The molecule has 0 saturated carbocycles. The van der Waals surface area contributed by atoms with Gasteiger partial charge in [-0.05, 0) is 30.7 Å². The Kier molecular flexibility index (Phi) is 6.91. The van der Waals surface area contributed by atoms with Crippen LogP contribution in [0.5, 0.6) is 0 Å². The summed E-state index contributed by atoms with van der Waals surface area (Å²) in [6.45, 7) is 3.88. The number of hydrogen-bond donors (Lipinski definition) is 2. The summed E-state index contributed by atoms with van der Waals surface area (Å²) < 4.78 is 4.39. The van der Waals surface area contributed by atoms with Crippen molar-refractivity contribution in [3.63, 3.8) is 0 Å². The van der Waals surface area contributed by atoms with E-state index in [-0.39, 0.29) is 5.92 Å². The molecule has 0 aliphatic carbocycles.